The number of nitrogens with zero attached hydrogens (tertiary/aromatic N) is 4. The number of rotatable bonds is 5. The summed E-state index contributed by atoms with van der Waals surface area (Å²) in [6, 6.07) is 22.1. The Bertz CT molecular complexity index is 1100. The zero-order chi connectivity index (χ0) is 21.1. The smallest absolute Gasteiger partial charge is 0.266 e. The number of carbonyl (C=O) groups is 1. The van der Waals surface area contributed by atoms with Gasteiger partial charge in [0, 0.05) is 43.9 Å². The molecule has 152 valence electrons. The van der Waals surface area contributed by atoms with Crippen molar-refractivity contribution < 1.29 is 4.79 Å². The number of amides is 1. The Kier molecular flexibility index (Phi) is 5.77. The van der Waals surface area contributed by atoms with Gasteiger partial charge in [0.05, 0.1) is 10.6 Å². The van der Waals surface area contributed by atoms with E-state index in [9.17, 15) is 4.79 Å². The molecule has 0 bridgehead atoms. The first kappa shape index (κ1) is 20.0. The van der Waals surface area contributed by atoms with Gasteiger partial charge in [-0.3, -0.25) is 9.69 Å². The third kappa shape index (κ3) is 4.04. The van der Waals surface area contributed by atoms with Crippen molar-refractivity contribution in [3.05, 3.63) is 83.5 Å². The van der Waals surface area contributed by atoms with Gasteiger partial charge < -0.3 is 9.47 Å². The second kappa shape index (κ2) is 8.63. The second-order valence-corrected chi connectivity index (χ2v) is 8.11. The van der Waals surface area contributed by atoms with Crippen molar-refractivity contribution in [1.29, 1.82) is 0 Å². The lowest BCUT2D eigenvalue weighted by atomic mass is 10.2. The SMILES string of the molecule is CCN1C(=O)/C(=C/c2cccn2-c2ccc(N(C)C)cc2)SC1=Nc1ccccc1. The third-order valence-electron chi connectivity index (χ3n) is 4.89. The fourth-order valence-corrected chi connectivity index (χ4v) is 4.32. The highest BCUT2D eigenvalue weighted by molar-refractivity contribution is 8.18. The lowest BCUT2D eigenvalue weighted by Crippen LogP contribution is -2.28. The summed E-state index contributed by atoms with van der Waals surface area (Å²) >= 11 is 1.42. The first-order valence-electron chi connectivity index (χ1n) is 9.87. The van der Waals surface area contributed by atoms with Gasteiger partial charge in [-0.1, -0.05) is 18.2 Å². The van der Waals surface area contributed by atoms with E-state index in [2.05, 4.69) is 38.7 Å². The number of aromatic nitrogens is 1. The van der Waals surface area contributed by atoms with Crippen LogP contribution in [-0.4, -0.2) is 41.2 Å². The number of hydrogen-bond donors (Lipinski definition) is 0. The van der Waals surface area contributed by atoms with E-state index in [4.69, 9.17) is 0 Å². The van der Waals surface area contributed by atoms with Crippen molar-refractivity contribution in [3.8, 4) is 5.69 Å². The maximum absolute atomic E-state index is 13.0. The molecule has 0 atom stereocenters. The summed E-state index contributed by atoms with van der Waals surface area (Å²) in [5, 5.41) is 0.716. The Hall–Kier alpha value is -3.25. The molecule has 30 heavy (non-hydrogen) atoms. The molecular formula is C24H24N4OS. The Labute approximate surface area is 181 Å². The number of hydrogen-bond acceptors (Lipinski definition) is 4. The van der Waals surface area contributed by atoms with E-state index >= 15 is 0 Å². The van der Waals surface area contributed by atoms with Crippen LogP contribution >= 0.6 is 11.8 Å². The molecule has 2 heterocycles. The van der Waals surface area contributed by atoms with E-state index in [1.807, 2.05) is 75.8 Å². The molecule has 0 spiro atoms. The van der Waals surface area contributed by atoms with E-state index < -0.39 is 0 Å². The van der Waals surface area contributed by atoms with E-state index in [1.165, 1.54) is 11.8 Å². The number of likely N-dealkylation sites (N-methyl/N-ethyl adjacent to an activating group) is 1. The Balaban J connectivity index is 1.65. The Morgan fingerprint density at radius 3 is 2.40 bits per heavy atom. The van der Waals surface area contributed by atoms with Gasteiger partial charge in [-0.05, 0) is 73.3 Å². The van der Waals surface area contributed by atoms with Crippen molar-refractivity contribution in [1.82, 2.24) is 9.47 Å². The van der Waals surface area contributed by atoms with Crippen LogP contribution in [0.15, 0.2) is 82.8 Å². The summed E-state index contributed by atoms with van der Waals surface area (Å²) in [6.45, 7) is 2.55. The number of anilines is 1. The molecule has 0 unspecified atom stereocenters. The minimum absolute atomic E-state index is 0.00659. The van der Waals surface area contributed by atoms with E-state index in [0.717, 1.165) is 22.8 Å². The summed E-state index contributed by atoms with van der Waals surface area (Å²) in [5.41, 5.74) is 4.00. The Morgan fingerprint density at radius 2 is 1.73 bits per heavy atom. The average molecular weight is 417 g/mol. The van der Waals surface area contributed by atoms with Gasteiger partial charge in [0.25, 0.3) is 5.91 Å². The van der Waals surface area contributed by atoms with Gasteiger partial charge >= 0.3 is 0 Å². The lowest BCUT2D eigenvalue weighted by Gasteiger charge is -2.14. The first-order valence-corrected chi connectivity index (χ1v) is 10.7. The zero-order valence-corrected chi connectivity index (χ0v) is 18.1. The van der Waals surface area contributed by atoms with Crippen molar-refractivity contribution in [2.75, 3.05) is 25.5 Å². The second-order valence-electron chi connectivity index (χ2n) is 7.10. The highest BCUT2D eigenvalue weighted by Crippen LogP contribution is 2.34. The first-order chi connectivity index (χ1) is 14.6. The molecule has 0 N–H and O–H groups in total. The van der Waals surface area contributed by atoms with Gasteiger partial charge in [-0.2, -0.15) is 0 Å². The van der Waals surface area contributed by atoms with Gasteiger partial charge in [0.15, 0.2) is 5.17 Å². The van der Waals surface area contributed by atoms with E-state index in [1.54, 1.807) is 4.90 Å². The normalized spacial score (nSPS) is 16.6. The van der Waals surface area contributed by atoms with Gasteiger partial charge in [-0.25, -0.2) is 4.99 Å². The molecule has 1 amide bonds. The predicted molar refractivity (Wildman–Crippen MR) is 127 cm³/mol. The van der Waals surface area contributed by atoms with Crippen LogP contribution in [0.25, 0.3) is 11.8 Å². The zero-order valence-electron chi connectivity index (χ0n) is 17.3. The van der Waals surface area contributed by atoms with Gasteiger partial charge in [0.1, 0.15) is 0 Å². The quantitative estimate of drug-likeness (QED) is 0.539. The molecule has 5 nitrogen and oxygen atoms in total. The molecule has 1 aliphatic heterocycles. The largest absolute Gasteiger partial charge is 0.378 e. The van der Waals surface area contributed by atoms with Gasteiger partial charge in [-0.15, -0.1) is 0 Å². The van der Waals surface area contributed by atoms with E-state index in [0.29, 0.717) is 16.6 Å². The summed E-state index contributed by atoms with van der Waals surface area (Å²) in [7, 11) is 4.05. The summed E-state index contributed by atoms with van der Waals surface area (Å²) in [4.78, 5) is 22.1. The van der Waals surface area contributed by atoms with Crippen LogP contribution in [0.3, 0.4) is 0 Å². The third-order valence-corrected chi connectivity index (χ3v) is 5.90. The number of carbonyl (C=O) groups excluding carboxylic acids is 1. The topological polar surface area (TPSA) is 40.8 Å². The lowest BCUT2D eigenvalue weighted by molar-refractivity contribution is -0.122. The number of para-hydroxylation sites is 1. The predicted octanol–water partition coefficient (Wildman–Crippen LogP) is 5.17. The van der Waals surface area contributed by atoms with Crippen molar-refractivity contribution in [3.63, 3.8) is 0 Å². The highest BCUT2D eigenvalue weighted by atomic mass is 32.2. The number of amidine groups is 1. The number of thioether (sulfide) groups is 1. The summed E-state index contributed by atoms with van der Waals surface area (Å²) in [5.74, 6) is -0.00659. The van der Waals surface area contributed by atoms with Crippen molar-refractivity contribution in [2.45, 2.75) is 6.92 Å². The maximum Gasteiger partial charge on any atom is 0.266 e. The molecule has 1 aromatic heterocycles. The molecule has 0 saturated carbocycles. The minimum atomic E-state index is -0.00659. The fourth-order valence-electron chi connectivity index (χ4n) is 3.28. The summed E-state index contributed by atoms with van der Waals surface area (Å²) < 4.78 is 2.09. The van der Waals surface area contributed by atoms with Gasteiger partial charge in [0.2, 0.25) is 0 Å². The van der Waals surface area contributed by atoms with Crippen LogP contribution in [0.2, 0.25) is 0 Å². The molecule has 0 radical (unpaired) electrons. The maximum atomic E-state index is 13.0. The molecule has 1 saturated heterocycles. The van der Waals surface area contributed by atoms with Crippen molar-refractivity contribution >= 4 is 40.3 Å². The molecule has 6 heteroatoms. The van der Waals surface area contributed by atoms with E-state index in [-0.39, 0.29) is 5.91 Å². The van der Waals surface area contributed by atoms with Crippen LogP contribution in [-0.2, 0) is 4.79 Å². The van der Waals surface area contributed by atoms with Crippen LogP contribution in [0.4, 0.5) is 11.4 Å². The average Bonchev–Trinajstić information content (AvgIpc) is 3.33. The van der Waals surface area contributed by atoms with Crippen molar-refractivity contribution in [2.24, 2.45) is 4.99 Å². The molecule has 4 rings (SSSR count). The number of benzene rings is 2. The van der Waals surface area contributed by atoms with Crippen LogP contribution in [0, 0.1) is 0 Å². The monoisotopic (exact) mass is 416 g/mol. The highest BCUT2D eigenvalue weighted by Gasteiger charge is 2.32. The molecule has 1 aliphatic rings. The molecule has 2 aromatic carbocycles. The van der Waals surface area contributed by atoms with Crippen LogP contribution in [0.5, 0.6) is 0 Å². The standard InChI is InChI=1S/C24H24N4OS/c1-4-27-23(29)22(30-24(27)25-18-9-6-5-7-10-18)17-21-11-8-16-28(21)20-14-12-19(13-15-20)26(2)3/h5-17H,4H2,1-3H3/b22-17-,25-24?. The molecule has 1 fully saturated rings. The molecule has 0 aliphatic carbocycles. The Morgan fingerprint density at radius 1 is 1.00 bits per heavy atom. The minimum Gasteiger partial charge on any atom is -0.378 e. The molecular weight excluding hydrogens is 392 g/mol. The number of aliphatic imine (C=N–C) groups is 1. The van der Waals surface area contributed by atoms with Crippen LogP contribution in [0.1, 0.15) is 12.6 Å². The fraction of sp³-hybridized carbons (Fsp3) is 0.167. The van der Waals surface area contributed by atoms with Crippen LogP contribution < -0.4 is 4.90 Å². The molecule has 3 aromatic rings. The summed E-state index contributed by atoms with van der Waals surface area (Å²) in [6.07, 6.45) is 3.96.